The number of nitrogens with zero attached hydrogens (tertiary/aromatic N) is 2. The Morgan fingerprint density at radius 3 is 2.27 bits per heavy atom. The van der Waals surface area contributed by atoms with Crippen LogP contribution in [0.4, 0.5) is 0 Å². The molecule has 4 bridgehead atoms. The zero-order valence-electron chi connectivity index (χ0n) is 17.6. The molecule has 0 saturated heterocycles. The number of carbonyl (C=O) groups is 1. The highest BCUT2D eigenvalue weighted by molar-refractivity contribution is 5.96. The van der Waals surface area contributed by atoms with E-state index in [-0.39, 0.29) is 11.3 Å². The van der Waals surface area contributed by atoms with Crippen LogP contribution in [0, 0.1) is 17.8 Å². The van der Waals surface area contributed by atoms with Crippen LogP contribution in [0.2, 0.25) is 0 Å². The molecule has 1 N–H and O–H groups in total. The average Bonchev–Trinajstić information content (AvgIpc) is 2.72. The molecule has 4 saturated carbocycles. The second-order valence-electron chi connectivity index (χ2n) is 9.69. The molecular formula is C26H31N3O. The molecule has 0 atom stereocenters. The van der Waals surface area contributed by atoms with E-state index in [2.05, 4.69) is 36.8 Å². The minimum absolute atomic E-state index is 0.157. The van der Waals surface area contributed by atoms with Crippen molar-refractivity contribution >= 4 is 16.8 Å². The number of fused-ring (bicyclic) bond motifs is 1. The molecule has 1 aromatic heterocycles. The number of hydrogen-bond donors (Lipinski definition) is 1. The predicted molar refractivity (Wildman–Crippen MR) is 121 cm³/mol. The first-order valence-electron chi connectivity index (χ1n) is 11.3. The van der Waals surface area contributed by atoms with E-state index >= 15 is 0 Å². The molecule has 0 radical (unpaired) electrons. The van der Waals surface area contributed by atoms with Crippen LogP contribution in [0.25, 0.3) is 10.9 Å². The van der Waals surface area contributed by atoms with Crippen LogP contribution in [-0.4, -0.2) is 29.0 Å². The van der Waals surface area contributed by atoms with E-state index in [1.54, 1.807) is 12.2 Å². The molecule has 4 heteroatoms. The lowest BCUT2D eigenvalue weighted by molar-refractivity contribution is -0.00454. The third kappa shape index (κ3) is 3.37. The lowest BCUT2D eigenvalue weighted by Crippen LogP contribution is -2.48. The maximum atomic E-state index is 13.1. The van der Waals surface area contributed by atoms with Crippen molar-refractivity contribution in [1.82, 2.24) is 15.4 Å². The van der Waals surface area contributed by atoms with Gasteiger partial charge in [-0.25, -0.2) is 9.99 Å². The zero-order chi connectivity index (χ0) is 20.7. The quantitative estimate of drug-likeness (QED) is 0.523. The predicted octanol–water partition coefficient (Wildman–Crippen LogP) is 5.02. The summed E-state index contributed by atoms with van der Waals surface area (Å²) in [4.78, 5) is 17.9. The number of nitrogens with one attached hydrogen (secondary N) is 1. The molecule has 1 amide bonds. The Morgan fingerprint density at radius 1 is 1.07 bits per heavy atom. The first kappa shape index (κ1) is 19.5. The molecule has 1 heterocycles. The zero-order valence-corrected chi connectivity index (χ0v) is 17.6. The van der Waals surface area contributed by atoms with Gasteiger partial charge in [0.2, 0.25) is 0 Å². The van der Waals surface area contributed by atoms with Gasteiger partial charge in [0.25, 0.3) is 5.91 Å². The van der Waals surface area contributed by atoms with Crippen LogP contribution in [0.5, 0.6) is 0 Å². The summed E-state index contributed by atoms with van der Waals surface area (Å²) in [6.45, 7) is 8.69. The van der Waals surface area contributed by atoms with Gasteiger partial charge in [-0.1, -0.05) is 30.4 Å². The van der Waals surface area contributed by atoms with Crippen LogP contribution < -0.4 is 5.43 Å². The lowest BCUT2D eigenvalue weighted by Gasteiger charge is -2.57. The molecule has 156 valence electrons. The Hall–Kier alpha value is -2.46. The normalized spacial score (nSPS) is 29.3. The molecule has 0 aliphatic heterocycles. The van der Waals surface area contributed by atoms with Gasteiger partial charge in [0.1, 0.15) is 5.69 Å². The van der Waals surface area contributed by atoms with Gasteiger partial charge in [-0.3, -0.25) is 10.2 Å². The van der Waals surface area contributed by atoms with E-state index in [9.17, 15) is 4.79 Å². The van der Waals surface area contributed by atoms with E-state index in [0.29, 0.717) is 18.8 Å². The van der Waals surface area contributed by atoms with Gasteiger partial charge in [-0.15, -0.1) is 13.2 Å². The van der Waals surface area contributed by atoms with Crippen molar-refractivity contribution < 1.29 is 4.79 Å². The van der Waals surface area contributed by atoms with E-state index < -0.39 is 0 Å². The number of para-hydroxylation sites is 1. The number of amides is 1. The van der Waals surface area contributed by atoms with Crippen molar-refractivity contribution in [2.75, 3.05) is 13.1 Å². The van der Waals surface area contributed by atoms with Crippen LogP contribution in [-0.2, 0) is 5.41 Å². The minimum atomic E-state index is -0.157. The first-order valence-corrected chi connectivity index (χ1v) is 11.3. The SMILES string of the molecule is C=CCN(CC=C)NC(=O)c1cc(C23CC4CC(CC(C4)C2)C3)c2ccccc2n1. The van der Waals surface area contributed by atoms with Crippen molar-refractivity contribution in [3.05, 3.63) is 66.9 Å². The fourth-order valence-electron chi connectivity index (χ4n) is 6.85. The van der Waals surface area contributed by atoms with Crippen LogP contribution in [0.3, 0.4) is 0 Å². The van der Waals surface area contributed by atoms with E-state index in [1.165, 1.54) is 49.5 Å². The molecule has 4 fully saturated rings. The van der Waals surface area contributed by atoms with Gasteiger partial charge >= 0.3 is 0 Å². The Morgan fingerprint density at radius 2 is 1.67 bits per heavy atom. The highest BCUT2D eigenvalue weighted by Gasteiger charge is 2.52. The van der Waals surface area contributed by atoms with Gasteiger partial charge in [-0.05, 0) is 79.4 Å². The molecule has 6 rings (SSSR count). The topological polar surface area (TPSA) is 45.2 Å². The number of aromatic nitrogens is 1. The maximum Gasteiger partial charge on any atom is 0.284 e. The molecule has 0 unspecified atom stereocenters. The van der Waals surface area contributed by atoms with Crippen molar-refractivity contribution in [1.29, 1.82) is 0 Å². The molecule has 2 aromatic rings. The van der Waals surface area contributed by atoms with Gasteiger partial charge in [0.15, 0.2) is 0 Å². The van der Waals surface area contributed by atoms with E-state index in [4.69, 9.17) is 4.98 Å². The summed E-state index contributed by atoms with van der Waals surface area (Å²) in [5, 5.41) is 3.04. The lowest BCUT2D eigenvalue weighted by atomic mass is 9.48. The Balaban J connectivity index is 1.55. The summed E-state index contributed by atoms with van der Waals surface area (Å²) < 4.78 is 0. The molecule has 30 heavy (non-hydrogen) atoms. The van der Waals surface area contributed by atoms with Crippen LogP contribution >= 0.6 is 0 Å². The number of pyridine rings is 1. The molecular weight excluding hydrogens is 370 g/mol. The second kappa shape index (κ2) is 7.66. The average molecular weight is 402 g/mol. The van der Waals surface area contributed by atoms with Crippen molar-refractivity contribution in [3.8, 4) is 0 Å². The summed E-state index contributed by atoms with van der Waals surface area (Å²) >= 11 is 0. The molecule has 4 aliphatic rings. The molecule has 4 aliphatic carbocycles. The maximum absolute atomic E-state index is 13.1. The monoisotopic (exact) mass is 401 g/mol. The van der Waals surface area contributed by atoms with Crippen LogP contribution in [0.15, 0.2) is 55.6 Å². The minimum Gasteiger partial charge on any atom is -0.283 e. The summed E-state index contributed by atoms with van der Waals surface area (Å²) in [6.07, 6.45) is 11.6. The third-order valence-corrected chi connectivity index (χ3v) is 7.52. The summed E-state index contributed by atoms with van der Waals surface area (Å²) in [5.74, 6) is 2.42. The van der Waals surface area contributed by atoms with Gasteiger partial charge in [-0.2, -0.15) is 0 Å². The fourth-order valence-corrected chi connectivity index (χ4v) is 6.85. The number of benzene rings is 1. The number of hydrogen-bond acceptors (Lipinski definition) is 3. The van der Waals surface area contributed by atoms with Crippen molar-refractivity contribution in [3.63, 3.8) is 0 Å². The number of hydrazine groups is 1. The Kier molecular flexibility index (Phi) is 4.98. The van der Waals surface area contributed by atoms with E-state index in [1.807, 2.05) is 17.1 Å². The summed E-state index contributed by atoms with van der Waals surface area (Å²) in [7, 11) is 0. The van der Waals surface area contributed by atoms with Gasteiger partial charge < -0.3 is 0 Å². The highest BCUT2D eigenvalue weighted by atomic mass is 16.2. The van der Waals surface area contributed by atoms with Gasteiger partial charge in [0.05, 0.1) is 5.52 Å². The third-order valence-electron chi connectivity index (χ3n) is 7.52. The smallest absolute Gasteiger partial charge is 0.283 e. The van der Waals surface area contributed by atoms with Crippen molar-refractivity contribution in [2.45, 2.75) is 43.9 Å². The summed E-state index contributed by atoms with van der Waals surface area (Å²) in [6, 6.07) is 10.5. The number of carbonyl (C=O) groups excluding carboxylic acids is 1. The molecule has 1 aromatic carbocycles. The molecule has 4 nitrogen and oxygen atoms in total. The fraction of sp³-hybridized carbons (Fsp3) is 0.462. The largest absolute Gasteiger partial charge is 0.284 e. The Labute approximate surface area is 179 Å². The second-order valence-corrected chi connectivity index (χ2v) is 9.69. The summed E-state index contributed by atoms with van der Waals surface area (Å²) in [5.41, 5.74) is 6.00. The van der Waals surface area contributed by atoms with Crippen LogP contribution in [0.1, 0.15) is 54.6 Å². The standard InChI is InChI=1S/C26H31N3O/c1-3-9-29(10-4-2)28-25(30)24-14-22(21-7-5-6-8-23(21)27-24)26-15-18-11-19(16-26)13-20(12-18)17-26/h3-8,14,18-20H,1-2,9-13,15-17H2,(H,28,30). The Bertz CT molecular complexity index is 950. The van der Waals surface area contributed by atoms with E-state index in [0.717, 1.165) is 23.3 Å². The molecule has 0 spiro atoms. The number of rotatable bonds is 7. The highest BCUT2D eigenvalue weighted by Crippen LogP contribution is 2.61. The van der Waals surface area contributed by atoms with Gasteiger partial charge in [0, 0.05) is 18.5 Å². The first-order chi connectivity index (χ1) is 14.6. The van der Waals surface area contributed by atoms with Crippen molar-refractivity contribution in [2.24, 2.45) is 17.8 Å².